The highest BCUT2D eigenvalue weighted by atomic mass is 16.5. The van der Waals surface area contributed by atoms with E-state index in [2.05, 4.69) is 10.6 Å². The van der Waals surface area contributed by atoms with Gasteiger partial charge in [-0.05, 0) is 61.4 Å². The highest BCUT2D eigenvalue weighted by molar-refractivity contribution is 5.94. The van der Waals surface area contributed by atoms with E-state index in [9.17, 15) is 19.2 Å². The number of methoxy groups -OCH3 is 1. The van der Waals surface area contributed by atoms with Gasteiger partial charge in [0.05, 0.1) is 19.3 Å². The number of hydrogen-bond acceptors (Lipinski definition) is 7. The van der Waals surface area contributed by atoms with Crippen molar-refractivity contribution in [1.29, 1.82) is 0 Å². The number of esters is 2. The number of benzene rings is 2. The summed E-state index contributed by atoms with van der Waals surface area (Å²) in [5.74, 6) is -1.05. The standard InChI is InChI=1S/C25H30N2O7/c1-3-4-16-33-25(31)18-8-10-19(11-9-18)26-22(28)6-5-7-24(30)34-17-23(29)27-20-12-14-21(32-2)15-13-20/h8-15H,3-7,16-17H2,1-2H3,(H,26,28)(H,27,29). The average molecular weight is 471 g/mol. The maximum absolute atomic E-state index is 12.1. The number of unbranched alkanes of at least 4 members (excludes halogenated alkanes) is 1. The smallest absolute Gasteiger partial charge is 0.338 e. The Labute approximate surface area is 198 Å². The van der Waals surface area contributed by atoms with Crippen molar-refractivity contribution in [2.45, 2.75) is 39.0 Å². The van der Waals surface area contributed by atoms with Crippen LogP contribution in [0.2, 0.25) is 0 Å². The summed E-state index contributed by atoms with van der Waals surface area (Å²) in [4.78, 5) is 47.7. The van der Waals surface area contributed by atoms with Crippen molar-refractivity contribution < 1.29 is 33.4 Å². The summed E-state index contributed by atoms with van der Waals surface area (Å²) < 4.78 is 15.1. The van der Waals surface area contributed by atoms with Crippen molar-refractivity contribution in [2.75, 3.05) is 31.0 Å². The molecule has 0 saturated carbocycles. The van der Waals surface area contributed by atoms with Crippen molar-refractivity contribution in [1.82, 2.24) is 0 Å². The Balaban J connectivity index is 1.63. The van der Waals surface area contributed by atoms with E-state index >= 15 is 0 Å². The van der Waals surface area contributed by atoms with Crippen LogP contribution < -0.4 is 15.4 Å². The largest absolute Gasteiger partial charge is 0.497 e. The molecule has 0 aromatic heterocycles. The first-order chi connectivity index (χ1) is 16.4. The Morgan fingerprint density at radius 2 is 1.38 bits per heavy atom. The number of ether oxygens (including phenoxy) is 3. The maximum atomic E-state index is 12.1. The van der Waals surface area contributed by atoms with Crippen LogP contribution in [0.5, 0.6) is 5.75 Å². The molecule has 0 aliphatic carbocycles. The predicted molar refractivity (Wildman–Crippen MR) is 127 cm³/mol. The average Bonchev–Trinajstić information content (AvgIpc) is 2.84. The Bertz CT molecular complexity index is 956. The van der Waals surface area contributed by atoms with Crippen LogP contribution in [0.1, 0.15) is 49.4 Å². The number of hydrogen-bond donors (Lipinski definition) is 2. The number of rotatable bonds is 13. The van der Waals surface area contributed by atoms with E-state index in [0.29, 0.717) is 29.3 Å². The fourth-order valence-electron chi connectivity index (χ4n) is 2.79. The van der Waals surface area contributed by atoms with Gasteiger partial charge in [0.15, 0.2) is 6.61 Å². The minimum Gasteiger partial charge on any atom is -0.497 e. The number of nitrogens with one attached hydrogen (secondary N) is 2. The van der Waals surface area contributed by atoms with E-state index in [1.165, 1.54) is 0 Å². The van der Waals surface area contributed by atoms with Gasteiger partial charge in [-0.25, -0.2) is 4.79 Å². The lowest BCUT2D eigenvalue weighted by molar-refractivity contribution is -0.147. The van der Waals surface area contributed by atoms with Gasteiger partial charge in [-0.1, -0.05) is 13.3 Å². The molecule has 2 aromatic carbocycles. The zero-order chi connectivity index (χ0) is 24.8. The fourth-order valence-corrected chi connectivity index (χ4v) is 2.79. The third-order valence-corrected chi connectivity index (χ3v) is 4.66. The van der Waals surface area contributed by atoms with Crippen LogP contribution in [-0.2, 0) is 23.9 Å². The summed E-state index contributed by atoms with van der Waals surface area (Å²) in [5, 5.41) is 5.31. The lowest BCUT2D eigenvalue weighted by atomic mass is 10.2. The number of carbonyl (C=O) groups excluding carboxylic acids is 4. The Morgan fingerprint density at radius 3 is 2.00 bits per heavy atom. The molecular formula is C25H30N2O7. The molecule has 0 saturated heterocycles. The summed E-state index contributed by atoms with van der Waals surface area (Å²) in [6.07, 6.45) is 2.13. The summed E-state index contributed by atoms with van der Waals surface area (Å²) in [5.41, 5.74) is 1.50. The van der Waals surface area contributed by atoms with Gasteiger partial charge in [0, 0.05) is 24.2 Å². The number of anilines is 2. The van der Waals surface area contributed by atoms with Gasteiger partial charge in [-0.3, -0.25) is 14.4 Å². The van der Waals surface area contributed by atoms with Gasteiger partial charge in [0.1, 0.15) is 5.75 Å². The molecule has 2 N–H and O–H groups in total. The predicted octanol–water partition coefficient (Wildman–Crippen LogP) is 3.94. The van der Waals surface area contributed by atoms with E-state index in [1.54, 1.807) is 55.6 Å². The van der Waals surface area contributed by atoms with Crippen LogP contribution in [0.15, 0.2) is 48.5 Å². The van der Waals surface area contributed by atoms with Gasteiger partial charge in [0.25, 0.3) is 5.91 Å². The first-order valence-corrected chi connectivity index (χ1v) is 11.1. The molecule has 2 amide bonds. The Kier molecular flexibility index (Phi) is 11.1. The molecule has 0 spiro atoms. The third kappa shape index (κ3) is 9.72. The topological polar surface area (TPSA) is 120 Å². The first-order valence-electron chi connectivity index (χ1n) is 11.1. The molecule has 0 atom stereocenters. The SMILES string of the molecule is CCCCOC(=O)c1ccc(NC(=O)CCCC(=O)OCC(=O)Nc2ccc(OC)cc2)cc1. The monoisotopic (exact) mass is 470 g/mol. The molecule has 0 radical (unpaired) electrons. The van der Waals surface area contributed by atoms with E-state index in [4.69, 9.17) is 14.2 Å². The highest BCUT2D eigenvalue weighted by Gasteiger charge is 2.11. The quantitative estimate of drug-likeness (QED) is 0.336. The molecule has 9 heteroatoms. The van der Waals surface area contributed by atoms with Gasteiger partial charge in [-0.2, -0.15) is 0 Å². The summed E-state index contributed by atoms with van der Waals surface area (Å²) in [6.45, 7) is 1.98. The molecule has 182 valence electrons. The van der Waals surface area contributed by atoms with E-state index in [0.717, 1.165) is 12.8 Å². The van der Waals surface area contributed by atoms with Crippen molar-refractivity contribution in [2.24, 2.45) is 0 Å². The second-order valence-corrected chi connectivity index (χ2v) is 7.41. The van der Waals surface area contributed by atoms with Crippen LogP contribution in [0.3, 0.4) is 0 Å². The highest BCUT2D eigenvalue weighted by Crippen LogP contribution is 2.15. The lowest BCUT2D eigenvalue weighted by Crippen LogP contribution is -2.21. The van der Waals surface area contributed by atoms with E-state index < -0.39 is 24.5 Å². The van der Waals surface area contributed by atoms with Crippen LogP contribution in [0.25, 0.3) is 0 Å². The van der Waals surface area contributed by atoms with Crippen LogP contribution in [0.4, 0.5) is 11.4 Å². The molecule has 0 bridgehead atoms. The van der Waals surface area contributed by atoms with Crippen molar-refractivity contribution in [3.05, 3.63) is 54.1 Å². The van der Waals surface area contributed by atoms with Crippen molar-refractivity contribution in [3.63, 3.8) is 0 Å². The number of carbonyl (C=O) groups is 4. The third-order valence-electron chi connectivity index (χ3n) is 4.66. The molecule has 0 aliphatic rings. The van der Waals surface area contributed by atoms with E-state index in [1.807, 2.05) is 6.92 Å². The molecule has 9 nitrogen and oxygen atoms in total. The molecule has 34 heavy (non-hydrogen) atoms. The second-order valence-electron chi connectivity index (χ2n) is 7.41. The second kappa shape index (κ2) is 14.3. The summed E-state index contributed by atoms with van der Waals surface area (Å²) >= 11 is 0. The van der Waals surface area contributed by atoms with Crippen LogP contribution in [0, 0.1) is 0 Å². The summed E-state index contributed by atoms with van der Waals surface area (Å²) in [6, 6.07) is 13.1. The zero-order valence-corrected chi connectivity index (χ0v) is 19.4. The van der Waals surface area contributed by atoms with Gasteiger partial charge < -0.3 is 24.8 Å². The van der Waals surface area contributed by atoms with Gasteiger partial charge in [-0.15, -0.1) is 0 Å². The molecule has 0 aliphatic heterocycles. The zero-order valence-electron chi connectivity index (χ0n) is 19.4. The van der Waals surface area contributed by atoms with E-state index in [-0.39, 0.29) is 25.2 Å². The number of amides is 2. The van der Waals surface area contributed by atoms with Crippen LogP contribution in [-0.4, -0.2) is 44.1 Å². The van der Waals surface area contributed by atoms with Crippen molar-refractivity contribution >= 4 is 35.1 Å². The maximum Gasteiger partial charge on any atom is 0.338 e. The summed E-state index contributed by atoms with van der Waals surface area (Å²) in [7, 11) is 1.54. The first kappa shape index (κ1) is 26.4. The molecule has 2 aromatic rings. The lowest BCUT2D eigenvalue weighted by Gasteiger charge is -2.08. The normalized spacial score (nSPS) is 10.2. The molecule has 0 heterocycles. The Hall–Kier alpha value is -3.88. The van der Waals surface area contributed by atoms with Crippen LogP contribution >= 0.6 is 0 Å². The minimum atomic E-state index is -0.566. The van der Waals surface area contributed by atoms with Gasteiger partial charge >= 0.3 is 11.9 Å². The molecule has 2 rings (SSSR count). The Morgan fingerprint density at radius 1 is 0.765 bits per heavy atom. The van der Waals surface area contributed by atoms with Crippen molar-refractivity contribution in [3.8, 4) is 5.75 Å². The fraction of sp³-hybridized carbons (Fsp3) is 0.360. The molecular weight excluding hydrogens is 440 g/mol. The molecule has 0 fully saturated rings. The molecule has 0 unspecified atom stereocenters. The minimum absolute atomic E-state index is 0.00573. The van der Waals surface area contributed by atoms with Gasteiger partial charge in [0.2, 0.25) is 5.91 Å².